The Bertz CT molecular complexity index is 1510. The molecule has 53 heavy (non-hydrogen) atoms. The third kappa shape index (κ3) is 14.2. The number of hydrogen-bond donors (Lipinski definition) is 9. The minimum absolute atomic E-state index is 0.0424. The first-order valence-electron chi connectivity index (χ1n) is 17.1. The predicted octanol–water partition coefficient (Wildman–Crippen LogP) is -1.18. The molecule has 0 saturated carbocycles. The van der Waals surface area contributed by atoms with Crippen molar-refractivity contribution >= 4 is 53.4 Å². The number of carboxylic acid groups (broad SMARTS) is 4. The second-order valence-corrected chi connectivity index (χ2v) is 12.8. The molecule has 1 aromatic rings. The molecule has 1 aliphatic rings. The number of benzene rings is 1. The molecule has 292 valence electrons. The quantitative estimate of drug-likeness (QED) is 0.0675. The molecule has 1 aromatic carbocycles. The van der Waals surface area contributed by atoms with Gasteiger partial charge in [-0.25, -0.2) is 4.79 Å². The Balaban J connectivity index is 2.33. The number of nitrogens with two attached hydrogens (primary N) is 1. The van der Waals surface area contributed by atoms with E-state index in [1.165, 1.54) is 4.90 Å². The van der Waals surface area contributed by atoms with Crippen LogP contribution < -0.4 is 27.0 Å². The summed E-state index contributed by atoms with van der Waals surface area (Å²) in [7, 11) is 0. The maximum Gasteiger partial charge on any atom is 0.326 e. The van der Waals surface area contributed by atoms with Crippen LogP contribution in [-0.2, 0) is 49.6 Å². The molecule has 5 amide bonds. The minimum atomic E-state index is -1.59. The monoisotopic (exact) mass is 748 g/mol. The Morgan fingerprint density at radius 3 is 1.85 bits per heavy atom. The maximum atomic E-state index is 13.9. The molecule has 1 fully saturated rings. The summed E-state index contributed by atoms with van der Waals surface area (Å²) >= 11 is 0. The van der Waals surface area contributed by atoms with Crippen LogP contribution in [0, 0.1) is 5.92 Å². The Labute approximate surface area is 305 Å². The van der Waals surface area contributed by atoms with E-state index in [4.69, 9.17) is 10.8 Å². The molecule has 19 nitrogen and oxygen atoms in total. The maximum absolute atomic E-state index is 13.9. The molecule has 10 N–H and O–H groups in total. The molecular weight excluding hydrogens is 700 g/mol. The van der Waals surface area contributed by atoms with E-state index in [2.05, 4.69) is 21.3 Å². The van der Waals surface area contributed by atoms with E-state index in [0.29, 0.717) is 18.4 Å². The summed E-state index contributed by atoms with van der Waals surface area (Å²) < 4.78 is 0. The Morgan fingerprint density at radius 2 is 1.32 bits per heavy atom. The van der Waals surface area contributed by atoms with E-state index in [0.717, 1.165) is 0 Å². The number of nitrogens with one attached hydrogen (secondary N) is 4. The van der Waals surface area contributed by atoms with Gasteiger partial charge < -0.3 is 52.3 Å². The lowest BCUT2D eigenvalue weighted by Gasteiger charge is -2.30. The van der Waals surface area contributed by atoms with Gasteiger partial charge in [0.15, 0.2) is 0 Å². The van der Waals surface area contributed by atoms with Gasteiger partial charge in [-0.1, -0.05) is 50.6 Å². The summed E-state index contributed by atoms with van der Waals surface area (Å²) in [5.41, 5.74) is 6.35. The fourth-order valence-corrected chi connectivity index (χ4v) is 5.66. The topological polar surface area (TPSA) is 312 Å². The second kappa shape index (κ2) is 21.1. The molecule has 1 heterocycles. The predicted molar refractivity (Wildman–Crippen MR) is 184 cm³/mol. The first-order valence-corrected chi connectivity index (χ1v) is 17.1. The number of amides is 5. The van der Waals surface area contributed by atoms with Crippen molar-refractivity contribution in [1.29, 1.82) is 0 Å². The Hall–Kier alpha value is -5.59. The average Bonchev–Trinajstić information content (AvgIpc) is 3.59. The minimum Gasteiger partial charge on any atom is -0.481 e. The highest BCUT2D eigenvalue weighted by molar-refractivity contribution is 5.97. The van der Waals surface area contributed by atoms with Crippen LogP contribution in [0.1, 0.15) is 70.8 Å². The number of hydrogen-bond acceptors (Lipinski definition) is 10. The number of nitrogens with zero attached hydrogens (tertiary/aromatic N) is 1. The lowest BCUT2D eigenvalue weighted by molar-refractivity contribution is -0.144. The van der Waals surface area contributed by atoms with E-state index in [1.807, 2.05) is 0 Å². The van der Waals surface area contributed by atoms with Crippen molar-refractivity contribution in [3.8, 4) is 0 Å². The number of likely N-dealkylation sites (tertiary alicyclic amines) is 1. The third-order valence-electron chi connectivity index (χ3n) is 8.80. The van der Waals surface area contributed by atoms with Gasteiger partial charge in [-0.3, -0.25) is 38.4 Å². The number of aliphatic carboxylic acids is 4. The molecule has 0 bridgehead atoms. The van der Waals surface area contributed by atoms with Crippen molar-refractivity contribution in [3.05, 3.63) is 35.9 Å². The molecule has 2 rings (SSSR count). The summed E-state index contributed by atoms with van der Waals surface area (Å²) in [6.07, 6.45) is -2.09. The van der Waals surface area contributed by atoms with Crippen LogP contribution in [0.3, 0.4) is 0 Å². The molecule has 1 aliphatic heterocycles. The Morgan fingerprint density at radius 1 is 0.774 bits per heavy atom. The molecule has 1 saturated heterocycles. The SMILES string of the molecule is CC[C@H](C)[C@H](NC(=O)[C@H](CCC(=O)O)NC(=O)[C@H](CCC(=O)O)NC(=O)[C@@H]1CCCN1C(=O)[C@H](Cc1ccccc1)NC(=O)[C@@H](N)CC(=O)O)C(=O)O. The van der Waals surface area contributed by atoms with E-state index < -0.39 is 128 Å². The van der Waals surface area contributed by atoms with Gasteiger partial charge in [0, 0.05) is 25.8 Å². The van der Waals surface area contributed by atoms with E-state index in [9.17, 15) is 58.5 Å². The lowest BCUT2D eigenvalue weighted by Crippen LogP contribution is -2.59. The highest BCUT2D eigenvalue weighted by Crippen LogP contribution is 2.21. The number of carboxylic acids is 4. The van der Waals surface area contributed by atoms with Gasteiger partial charge in [-0.2, -0.15) is 0 Å². The van der Waals surface area contributed by atoms with Gasteiger partial charge in [-0.05, 0) is 37.2 Å². The zero-order chi connectivity index (χ0) is 39.8. The van der Waals surface area contributed by atoms with Crippen molar-refractivity contribution in [2.24, 2.45) is 11.7 Å². The first-order chi connectivity index (χ1) is 24.9. The van der Waals surface area contributed by atoms with Gasteiger partial charge in [0.25, 0.3) is 0 Å². The van der Waals surface area contributed by atoms with Gasteiger partial charge in [0.1, 0.15) is 30.2 Å². The van der Waals surface area contributed by atoms with Crippen LogP contribution in [-0.4, -0.2) is 122 Å². The normalized spacial score (nSPS) is 17.2. The van der Waals surface area contributed by atoms with Crippen molar-refractivity contribution in [3.63, 3.8) is 0 Å². The van der Waals surface area contributed by atoms with Crippen molar-refractivity contribution in [2.75, 3.05) is 6.54 Å². The molecule has 0 aromatic heterocycles. The number of carbonyl (C=O) groups excluding carboxylic acids is 5. The summed E-state index contributed by atoms with van der Waals surface area (Å²) in [5.74, 6) is -10.4. The summed E-state index contributed by atoms with van der Waals surface area (Å²) in [6.45, 7) is 3.33. The highest BCUT2D eigenvalue weighted by atomic mass is 16.4. The van der Waals surface area contributed by atoms with E-state index in [1.54, 1.807) is 44.2 Å². The van der Waals surface area contributed by atoms with Crippen LogP contribution >= 0.6 is 0 Å². The summed E-state index contributed by atoms with van der Waals surface area (Å²) in [6, 6.07) is 0.0586. The van der Waals surface area contributed by atoms with Crippen LogP contribution in [0.4, 0.5) is 0 Å². The Kier molecular flexibility index (Phi) is 17.3. The third-order valence-corrected chi connectivity index (χ3v) is 8.80. The van der Waals surface area contributed by atoms with Crippen molar-refractivity contribution < 1.29 is 63.6 Å². The molecule has 0 radical (unpaired) electrons. The number of rotatable bonds is 22. The van der Waals surface area contributed by atoms with Gasteiger partial charge in [0.2, 0.25) is 29.5 Å². The summed E-state index contributed by atoms with van der Waals surface area (Å²) in [4.78, 5) is 114. The molecule has 7 atom stereocenters. The van der Waals surface area contributed by atoms with Gasteiger partial charge >= 0.3 is 23.9 Å². The first kappa shape index (κ1) is 43.6. The van der Waals surface area contributed by atoms with Crippen LogP contribution in [0.25, 0.3) is 0 Å². The van der Waals surface area contributed by atoms with E-state index >= 15 is 0 Å². The highest BCUT2D eigenvalue weighted by Gasteiger charge is 2.40. The molecule has 19 heteroatoms. The van der Waals surface area contributed by atoms with Crippen LogP contribution in [0.2, 0.25) is 0 Å². The second-order valence-electron chi connectivity index (χ2n) is 12.8. The summed E-state index contributed by atoms with van der Waals surface area (Å²) in [5, 5.41) is 46.8. The molecular formula is C34H48N6O13. The zero-order valence-electron chi connectivity index (χ0n) is 29.5. The molecule has 0 aliphatic carbocycles. The smallest absolute Gasteiger partial charge is 0.326 e. The fourth-order valence-electron chi connectivity index (χ4n) is 5.66. The standard InChI is InChI=1S/C34H48N6O13/c1-3-18(2)28(34(52)53)39-31(49)22(12-14-26(43)44)36-30(48)21(11-13-25(41)42)37-32(50)24-10-7-15-40(24)33(51)23(16-19-8-5-4-6-9-19)38-29(47)20(35)17-27(45)46/h4-6,8-9,18,20-24,28H,3,7,10-17,35H2,1-2H3,(H,36,48)(H,37,50)(H,38,47)(H,39,49)(H,41,42)(H,43,44)(H,45,46)(H,52,53)/t18-,20-,21-,22-,23-,24-,28-/m0/s1. The van der Waals surface area contributed by atoms with Crippen molar-refractivity contribution in [1.82, 2.24) is 26.2 Å². The van der Waals surface area contributed by atoms with Gasteiger partial charge in [0.05, 0.1) is 12.5 Å². The van der Waals surface area contributed by atoms with E-state index in [-0.39, 0.29) is 19.4 Å². The fraction of sp³-hybridized carbons (Fsp3) is 0.559. The molecule has 0 unspecified atom stereocenters. The van der Waals surface area contributed by atoms with Crippen LogP contribution in [0.15, 0.2) is 30.3 Å². The average molecular weight is 749 g/mol. The zero-order valence-corrected chi connectivity index (χ0v) is 29.5. The lowest BCUT2D eigenvalue weighted by atomic mass is 9.98. The van der Waals surface area contributed by atoms with Gasteiger partial charge in [-0.15, -0.1) is 0 Å². The van der Waals surface area contributed by atoms with Crippen LogP contribution in [0.5, 0.6) is 0 Å². The molecule has 0 spiro atoms. The largest absolute Gasteiger partial charge is 0.481 e. The number of carbonyl (C=O) groups is 9. The van der Waals surface area contributed by atoms with Crippen molar-refractivity contribution in [2.45, 2.75) is 108 Å².